The van der Waals surface area contributed by atoms with Crippen LogP contribution in [0.5, 0.6) is 0 Å². The molecule has 0 spiro atoms. The Balaban J connectivity index is 2.37. The molecule has 1 heterocycles. The molecule has 1 N–H and O–H groups in total. The van der Waals surface area contributed by atoms with Crippen molar-refractivity contribution < 1.29 is 22.7 Å². The second-order valence-electron chi connectivity index (χ2n) is 5.09. The molecule has 20 heavy (non-hydrogen) atoms. The van der Waals surface area contributed by atoms with Crippen molar-refractivity contribution >= 4 is 5.91 Å². The number of carbonyl (C=O) groups is 1. The Morgan fingerprint density at radius 1 is 1.40 bits per heavy atom. The topological polar surface area (TPSA) is 41.6 Å². The van der Waals surface area contributed by atoms with E-state index in [2.05, 4.69) is 10.1 Å². The average Bonchev–Trinajstić information content (AvgIpc) is 2.38. The molecule has 1 amide bonds. The predicted octanol–water partition coefficient (Wildman–Crippen LogP) is 1.95. The normalized spacial score (nSPS) is 19.9. The molecule has 7 heteroatoms. The first-order valence-electron chi connectivity index (χ1n) is 7.08. The molecule has 1 unspecified atom stereocenters. The fourth-order valence-corrected chi connectivity index (χ4v) is 2.28. The third kappa shape index (κ3) is 7.09. The number of nitrogens with one attached hydrogen (secondary N) is 1. The molecule has 0 radical (unpaired) electrons. The van der Waals surface area contributed by atoms with Gasteiger partial charge in [0.2, 0.25) is 5.91 Å². The van der Waals surface area contributed by atoms with Gasteiger partial charge in [-0.05, 0) is 25.8 Å². The first kappa shape index (κ1) is 17.2. The van der Waals surface area contributed by atoms with Crippen LogP contribution in [-0.4, -0.2) is 55.9 Å². The molecule has 118 valence electrons. The van der Waals surface area contributed by atoms with Gasteiger partial charge in [0.15, 0.2) is 0 Å². The van der Waals surface area contributed by atoms with Crippen molar-refractivity contribution in [3.63, 3.8) is 0 Å². The molecule has 0 aromatic heterocycles. The average molecular weight is 296 g/mol. The van der Waals surface area contributed by atoms with Gasteiger partial charge in [-0.2, -0.15) is 13.2 Å². The third-order valence-corrected chi connectivity index (χ3v) is 3.19. The summed E-state index contributed by atoms with van der Waals surface area (Å²) in [5.74, 6) is -0.372. The summed E-state index contributed by atoms with van der Waals surface area (Å²) in [5, 5.41) is 3.33. The van der Waals surface area contributed by atoms with Crippen molar-refractivity contribution in [3.8, 4) is 0 Å². The van der Waals surface area contributed by atoms with E-state index in [9.17, 15) is 18.0 Å². The highest BCUT2D eigenvalue weighted by atomic mass is 19.4. The molecular weight excluding hydrogens is 273 g/mol. The van der Waals surface area contributed by atoms with Crippen molar-refractivity contribution in [2.45, 2.75) is 44.8 Å². The number of carbonyl (C=O) groups excluding carboxylic acids is 1. The van der Waals surface area contributed by atoms with Gasteiger partial charge in [0.1, 0.15) is 13.2 Å². The van der Waals surface area contributed by atoms with Crippen molar-refractivity contribution in [3.05, 3.63) is 0 Å². The minimum absolute atomic E-state index is 0.238. The fourth-order valence-electron chi connectivity index (χ4n) is 2.28. The molecule has 1 fully saturated rings. The van der Waals surface area contributed by atoms with E-state index in [4.69, 9.17) is 0 Å². The summed E-state index contributed by atoms with van der Waals surface area (Å²) in [6.07, 6.45) is -0.362. The number of ether oxygens (including phenoxy) is 1. The van der Waals surface area contributed by atoms with E-state index in [0.717, 1.165) is 32.2 Å². The van der Waals surface area contributed by atoms with E-state index < -0.39 is 19.4 Å². The molecule has 1 saturated heterocycles. The van der Waals surface area contributed by atoms with Crippen LogP contribution in [0.3, 0.4) is 0 Å². The lowest BCUT2D eigenvalue weighted by molar-refractivity contribution is -0.177. The summed E-state index contributed by atoms with van der Waals surface area (Å²) in [6.45, 7) is 2.08. The van der Waals surface area contributed by atoms with Crippen LogP contribution in [-0.2, 0) is 9.53 Å². The lowest BCUT2D eigenvalue weighted by Crippen LogP contribution is -2.47. The number of hydrogen-bond donors (Lipinski definition) is 1. The summed E-state index contributed by atoms with van der Waals surface area (Å²) in [4.78, 5) is 13.5. The van der Waals surface area contributed by atoms with E-state index in [1.807, 2.05) is 6.92 Å². The zero-order valence-electron chi connectivity index (χ0n) is 11.8. The standard InChI is InChI=1S/C13H23F3N2O2/c1-2-7-18(8-11-5-3-4-6-17-11)12(19)9-20-10-13(14,15)16/h11,17H,2-10H2,1H3. The molecule has 1 aliphatic rings. The largest absolute Gasteiger partial charge is 0.411 e. The first-order valence-corrected chi connectivity index (χ1v) is 7.08. The maximum absolute atomic E-state index is 12.0. The van der Waals surface area contributed by atoms with Gasteiger partial charge in [-0.1, -0.05) is 13.3 Å². The van der Waals surface area contributed by atoms with E-state index in [-0.39, 0.29) is 11.9 Å². The smallest absolute Gasteiger partial charge is 0.362 e. The summed E-state index contributed by atoms with van der Waals surface area (Å²) in [5.41, 5.74) is 0. The minimum Gasteiger partial charge on any atom is -0.362 e. The molecule has 0 bridgehead atoms. The van der Waals surface area contributed by atoms with Gasteiger partial charge in [0.25, 0.3) is 0 Å². The number of rotatable bonds is 7. The first-order chi connectivity index (χ1) is 9.42. The highest BCUT2D eigenvalue weighted by Gasteiger charge is 2.28. The minimum atomic E-state index is -4.39. The maximum atomic E-state index is 12.0. The van der Waals surface area contributed by atoms with Gasteiger partial charge in [-0.15, -0.1) is 0 Å². The lowest BCUT2D eigenvalue weighted by atomic mass is 10.0. The van der Waals surface area contributed by atoms with Crippen molar-refractivity contribution in [1.29, 1.82) is 0 Å². The van der Waals surface area contributed by atoms with E-state index in [0.29, 0.717) is 13.1 Å². The fraction of sp³-hybridized carbons (Fsp3) is 0.923. The van der Waals surface area contributed by atoms with Gasteiger partial charge in [-0.25, -0.2) is 0 Å². The van der Waals surface area contributed by atoms with Crippen LogP contribution < -0.4 is 5.32 Å². The summed E-state index contributed by atoms with van der Waals surface area (Å²) in [6, 6.07) is 0.238. The zero-order chi connectivity index (χ0) is 15.0. The Bertz CT molecular complexity index is 292. The van der Waals surface area contributed by atoms with Gasteiger partial charge in [0, 0.05) is 19.1 Å². The SMILES string of the molecule is CCCN(CC1CCCCN1)C(=O)COCC(F)(F)F. The Kier molecular flexibility index (Phi) is 7.29. The Morgan fingerprint density at radius 2 is 2.15 bits per heavy atom. The molecule has 0 aromatic carbocycles. The number of piperidine rings is 1. The van der Waals surface area contributed by atoms with Crippen LogP contribution in [0.25, 0.3) is 0 Å². The predicted molar refractivity (Wildman–Crippen MR) is 69.4 cm³/mol. The molecule has 1 aliphatic heterocycles. The Hall–Kier alpha value is -0.820. The van der Waals surface area contributed by atoms with E-state index in [1.54, 1.807) is 4.90 Å². The quantitative estimate of drug-likeness (QED) is 0.781. The monoisotopic (exact) mass is 296 g/mol. The summed E-state index contributed by atoms with van der Waals surface area (Å²) in [7, 11) is 0. The third-order valence-electron chi connectivity index (χ3n) is 3.19. The van der Waals surface area contributed by atoms with Gasteiger partial charge >= 0.3 is 6.18 Å². The van der Waals surface area contributed by atoms with Gasteiger partial charge in [-0.3, -0.25) is 4.79 Å². The van der Waals surface area contributed by atoms with Crippen LogP contribution in [0.1, 0.15) is 32.6 Å². The number of hydrogen-bond acceptors (Lipinski definition) is 3. The van der Waals surface area contributed by atoms with E-state index >= 15 is 0 Å². The number of alkyl halides is 3. The summed E-state index contributed by atoms with van der Waals surface area (Å²) < 4.78 is 40.3. The molecule has 1 atom stereocenters. The molecule has 4 nitrogen and oxygen atoms in total. The Morgan fingerprint density at radius 3 is 2.70 bits per heavy atom. The number of amides is 1. The van der Waals surface area contributed by atoms with Crippen molar-refractivity contribution in [2.75, 3.05) is 32.8 Å². The molecule has 0 aromatic rings. The highest BCUT2D eigenvalue weighted by Crippen LogP contribution is 2.14. The second kappa shape index (κ2) is 8.46. The zero-order valence-corrected chi connectivity index (χ0v) is 11.8. The number of halogens is 3. The Labute approximate surface area is 117 Å². The van der Waals surface area contributed by atoms with Gasteiger partial charge in [0.05, 0.1) is 0 Å². The molecule has 0 aliphatic carbocycles. The maximum Gasteiger partial charge on any atom is 0.411 e. The van der Waals surface area contributed by atoms with Crippen LogP contribution in [0.4, 0.5) is 13.2 Å². The van der Waals surface area contributed by atoms with E-state index in [1.165, 1.54) is 0 Å². The van der Waals surface area contributed by atoms with Gasteiger partial charge < -0.3 is 15.0 Å². The van der Waals surface area contributed by atoms with Crippen molar-refractivity contribution in [1.82, 2.24) is 10.2 Å². The van der Waals surface area contributed by atoms with Crippen molar-refractivity contribution in [2.24, 2.45) is 0 Å². The van der Waals surface area contributed by atoms with Crippen LogP contribution in [0.2, 0.25) is 0 Å². The van der Waals surface area contributed by atoms with Crippen LogP contribution in [0.15, 0.2) is 0 Å². The van der Waals surface area contributed by atoms with Crippen LogP contribution in [0, 0.1) is 0 Å². The molecular formula is C13H23F3N2O2. The number of nitrogens with zero attached hydrogens (tertiary/aromatic N) is 1. The highest BCUT2D eigenvalue weighted by molar-refractivity contribution is 5.77. The molecule has 1 rings (SSSR count). The lowest BCUT2D eigenvalue weighted by Gasteiger charge is -2.30. The molecule has 0 saturated carbocycles. The van der Waals surface area contributed by atoms with Crippen LogP contribution >= 0.6 is 0 Å². The summed E-state index contributed by atoms with van der Waals surface area (Å²) >= 11 is 0. The second-order valence-corrected chi connectivity index (χ2v) is 5.09.